The summed E-state index contributed by atoms with van der Waals surface area (Å²) in [7, 11) is 0. The van der Waals surface area contributed by atoms with Gasteiger partial charge in [-0.05, 0) is 81.2 Å². The molecule has 7 rings (SSSR count). The van der Waals surface area contributed by atoms with E-state index in [9.17, 15) is 9.18 Å². The third-order valence-corrected chi connectivity index (χ3v) is 9.65. The Hall–Kier alpha value is -3.08. The Morgan fingerprint density at radius 3 is 2.76 bits per heavy atom. The molecule has 4 aromatic rings. The molecule has 1 saturated carbocycles. The van der Waals surface area contributed by atoms with Gasteiger partial charge in [-0.1, -0.05) is 17.4 Å². The molecular formula is C32H36F2N4O3S. The van der Waals surface area contributed by atoms with Crippen molar-refractivity contribution in [2.45, 2.75) is 57.2 Å². The third kappa shape index (κ3) is 5.89. The Kier molecular flexibility index (Phi) is 7.85. The maximum absolute atomic E-state index is 15.2. The van der Waals surface area contributed by atoms with Crippen LogP contribution in [-0.2, 0) is 4.74 Å². The summed E-state index contributed by atoms with van der Waals surface area (Å²) in [5, 5.41) is 3.06. The highest BCUT2D eigenvalue weighted by molar-refractivity contribution is 7.23. The van der Waals surface area contributed by atoms with Crippen LogP contribution in [0, 0.1) is 11.7 Å². The zero-order valence-electron chi connectivity index (χ0n) is 23.6. The molecule has 3 fully saturated rings. The van der Waals surface area contributed by atoms with Gasteiger partial charge in [0.1, 0.15) is 17.7 Å². The van der Waals surface area contributed by atoms with Crippen LogP contribution >= 0.6 is 11.3 Å². The van der Waals surface area contributed by atoms with E-state index in [-0.39, 0.29) is 17.8 Å². The van der Waals surface area contributed by atoms with Crippen LogP contribution in [0.15, 0.2) is 36.5 Å². The Balaban J connectivity index is 1.10. The highest BCUT2D eigenvalue weighted by Crippen LogP contribution is 2.37. The van der Waals surface area contributed by atoms with Gasteiger partial charge in [-0.25, -0.2) is 13.8 Å². The predicted octanol–water partition coefficient (Wildman–Crippen LogP) is 6.55. The number of amides is 1. The lowest BCUT2D eigenvalue weighted by Crippen LogP contribution is -2.36. The van der Waals surface area contributed by atoms with Crippen LogP contribution < -0.4 is 10.1 Å². The lowest BCUT2D eigenvalue weighted by molar-refractivity contribution is 0.0945. The molecule has 2 saturated heterocycles. The predicted molar refractivity (Wildman–Crippen MR) is 160 cm³/mol. The average Bonchev–Trinajstić information content (AvgIpc) is 3.34. The molecule has 7 nitrogen and oxygen atoms in total. The number of piperidine rings is 1. The number of benzene rings is 2. The Labute approximate surface area is 247 Å². The standard InChI is InChI=1S/C32H36F2N4O3S/c33-22-8-12-37(13-9-22)11-2-10-35-31(39)24-16-30-27(17-29(24)41-19-20-4-5-20)38-18-26(36-32(38)42-30)23-7-6-21(15-25(23)34)28-3-1-14-40-28/h6-7,15-18,20,22,28H,1-5,8-14,19H2,(H,35,39)/t28-/m1/s1. The fourth-order valence-electron chi connectivity index (χ4n) is 5.95. The highest BCUT2D eigenvalue weighted by atomic mass is 32.1. The molecule has 42 heavy (non-hydrogen) atoms. The molecule has 1 amide bonds. The van der Waals surface area contributed by atoms with Crippen LogP contribution in [0.4, 0.5) is 8.78 Å². The molecule has 0 spiro atoms. The molecule has 222 valence electrons. The number of fused-ring (bicyclic) bond motifs is 3. The van der Waals surface area contributed by atoms with Gasteiger partial charge in [0.05, 0.1) is 34.2 Å². The number of thiazole rings is 1. The van der Waals surface area contributed by atoms with E-state index in [4.69, 9.17) is 14.5 Å². The number of ether oxygens (including phenoxy) is 2. The Bertz CT molecular complexity index is 1590. The number of carbonyl (C=O) groups excluding carboxylic acids is 1. The minimum Gasteiger partial charge on any atom is -0.492 e. The fourth-order valence-corrected chi connectivity index (χ4v) is 6.98. The SMILES string of the molecule is O=C(NCCCN1CCC(F)CC1)c1cc2sc3nc(-c4ccc([C@H]5CCCO5)cc4F)cn3c2cc1OCC1CC1. The molecule has 10 heteroatoms. The van der Waals surface area contributed by atoms with Crippen LogP contribution in [-0.4, -0.2) is 65.8 Å². The molecule has 3 aliphatic rings. The molecule has 1 aliphatic carbocycles. The Morgan fingerprint density at radius 2 is 2.00 bits per heavy atom. The number of hydrogen-bond acceptors (Lipinski definition) is 6. The number of nitrogens with zero attached hydrogens (tertiary/aromatic N) is 3. The summed E-state index contributed by atoms with van der Waals surface area (Å²) in [4.78, 5) is 21.0. The zero-order chi connectivity index (χ0) is 28.6. The molecule has 4 heterocycles. The van der Waals surface area contributed by atoms with E-state index in [1.807, 2.05) is 28.8 Å². The van der Waals surface area contributed by atoms with E-state index in [0.717, 1.165) is 79.1 Å². The number of halogens is 2. The van der Waals surface area contributed by atoms with E-state index < -0.39 is 6.17 Å². The van der Waals surface area contributed by atoms with Gasteiger partial charge < -0.3 is 19.7 Å². The van der Waals surface area contributed by atoms with Crippen molar-refractivity contribution in [2.24, 2.45) is 5.92 Å². The number of imidazole rings is 1. The summed E-state index contributed by atoms with van der Waals surface area (Å²) in [6.07, 6.45) is 7.34. The third-order valence-electron chi connectivity index (χ3n) is 8.64. The van der Waals surface area contributed by atoms with E-state index in [1.165, 1.54) is 11.3 Å². The molecule has 2 aromatic heterocycles. The van der Waals surface area contributed by atoms with Crippen LogP contribution in [0.5, 0.6) is 5.75 Å². The molecule has 0 radical (unpaired) electrons. The molecule has 1 atom stereocenters. The van der Waals surface area contributed by atoms with Gasteiger partial charge in [-0.15, -0.1) is 0 Å². The van der Waals surface area contributed by atoms with Crippen molar-refractivity contribution in [1.29, 1.82) is 0 Å². The van der Waals surface area contributed by atoms with Gasteiger partial charge in [0.15, 0.2) is 4.96 Å². The number of alkyl halides is 1. The van der Waals surface area contributed by atoms with E-state index >= 15 is 4.39 Å². The maximum Gasteiger partial charge on any atom is 0.255 e. The monoisotopic (exact) mass is 594 g/mol. The molecule has 0 bridgehead atoms. The smallest absolute Gasteiger partial charge is 0.255 e. The van der Waals surface area contributed by atoms with Crippen LogP contribution in [0.3, 0.4) is 0 Å². The lowest BCUT2D eigenvalue weighted by Gasteiger charge is -2.28. The maximum atomic E-state index is 15.2. The van der Waals surface area contributed by atoms with Crippen molar-refractivity contribution in [3.05, 3.63) is 53.5 Å². The van der Waals surface area contributed by atoms with Crippen molar-refractivity contribution in [2.75, 3.05) is 39.4 Å². The second kappa shape index (κ2) is 11.9. The topological polar surface area (TPSA) is 68.1 Å². The number of hydrogen-bond donors (Lipinski definition) is 1. The van der Waals surface area contributed by atoms with Crippen LogP contribution in [0.1, 0.15) is 67.0 Å². The summed E-state index contributed by atoms with van der Waals surface area (Å²) in [5.41, 5.74) is 3.28. The van der Waals surface area contributed by atoms with Crippen LogP contribution in [0.25, 0.3) is 26.4 Å². The number of rotatable bonds is 10. The summed E-state index contributed by atoms with van der Waals surface area (Å²) >= 11 is 1.47. The number of aromatic nitrogens is 2. The average molecular weight is 595 g/mol. The minimum atomic E-state index is -0.680. The first-order chi connectivity index (χ1) is 20.5. The summed E-state index contributed by atoms with van der Waals surface area (Å²) in [6.45, 7) is 4.25. The van der Waals surface area contributed by atoms with Crippen molar-refractivity contribution in [3.63, 3.8) is 0 Å². The first-order valence-corrected chi connectivity index (χ1v) is 16.0. The second-order valence-electron chi connectivity index (χ2n) is 11.8. The number of nitrogens with one attached hydrogen (secondary N) is 1. The Morgan fingerprint density at radius 1 is 1.14 bits per heavy atom. The lowest BCUT2D eigenvalue weighted by atomic mass is 10.0. The van der Waals surface area contributed by atoms with Crippen molar-refractivity contribution in [1.82, 2.24) is 19.6 Å². The fraction of sp³-hybridized carbons (Fsp3) is 0.500. The van der Waals surface area contributed by atoms with Gasteiger partial charge >= 0.3 is 0 Å². The number of carbonyl (C=O) groups is 1. The van der Waals surface area contributed by atoms with Gasteiger partial charge in [0, 0.05) is 44.1 Å². The number of likely N-dealkylation sites (tertiary alicyclic amines) is 1. The van der Waals surface area contributed by atoms with Gasteiger partial charge in [-0.3, -0.25) is 9.20 Å². The van der Waals surface area contributed by atoms with Gasteiger partial charge in [-0.2, -0.15) is 0 Å². The van der Waals surface area contributed by atoms with Gasteiger partial charge in [0.25, 0.3) is 5.91 Å². The first kappa shape index (κ1) is 27.7. The van der Waals surface area contributed by atoms with Crippen molar-refractivity contribution < 1.29 is 23.0 Å². The van der Waals surface area contributed by atoms with Crippen molar-refractivity contribution in [3.8, 4) is 17.0 Å². The summed E-state index contributed by atoms with van der Waals surface area (Å²) < 4.78 is 43.4. The quantitative estimate of drug-likeness (QED) is 0.211. The van der Waals surface area contributed by atoms with E-state index in [0.29, 0.717) is 54.5 Å². The first-order valence-electron chi connectivity index (χ1n) is 15.2. The minimum absolute atomic E-state index is 0.0383. The normalized spacial score (nSPS) is 20.1. The van der Waals surface area contributed by atoms with E-state index in [1.54, 1.807) is 12.1 Å². The molecule has 2 aliphatic heterocycles. The zero-order valence-corrected chi connectivity index (χ0v) is 24.4. The van der Waals surface area contributed by atoms with E-state index in [2.05, 4.69) is 10.2 Å². The highest BCUT2D eigenvalue weighted by Gasteiger charge is 2.25. The largest absolute Gasteiger partial charge is 0.492 e. The summed E-state index contributed by atoms with van der Waals surface area (Å²) in [6, 6.07) is 9.09. The molecule has 2 aromatic carbocycles. The van der Waals surface area contributed by atoms with Gasteiger partial charge in [0.2, 0.25) is 0 Å². The molecular weight excluding hydrogens is 558 g/mol. The second-order valence-corrected chi connectivity index (χ2v) is 12.8. The van der Waals surface area contributed by atoms with Crippen LogP contribution in [0.2, 0.25) is 0 Å². The summed E-state index contributed by atoms with van der Waals surface area (Å²) in [5.74, 6) is 0.620. The van der Waals surface area contributed by atoms with Crippen molar-refractivity contribution >= 4 is 32.4 Å². The molecule has 0 unspecified atom stereocenters. The molecule has 1 N–H and O–H groups in total.